The van der Waals surface area contributed by atoms with E-state index < -0.39 is 0 Å². The van der Waals surface area contributed by atoms with Crippen molar-refractivity contribution >= 4 is 5.91 Å². The Bertz CT molecular complexity index is 473. The third kappa shape index (κ3) is 4.38. The molecular formula is C14H23N3O3. The average molecular weight is 281 g/mol. The SMILES string of the molecule is COc1ccc(C(=O)NC(C)(C)CN(C)C)c(OC)n1. The summed E-state index contributed by atoms with van der Waals surface area (Å²) in [5.74, 6) is 0.442. The first-order valence-corrected chi connectivity index (χ1v) is 6.35. The second-order valence-electron chi connectivity index (χ2n) is 5.49. The number of likely N-dealkylation sites (N-methyl/N-ethyl adjacent to an activating group) is 1. The molecule has 1 heterocycles. The summed E-state index contributed by atoms with van der Waals surface area (Å²) in [6.07, 6.45) is 0. The highest BCUT2D eigenvalue weighted by Crippen LogP contribution is 2.20. The number of nitrogens with one attached hydrogen (secondary N) is 1. The van der Waals surface area contributed by atoms with Gasteiger partial charge in [0, 0.05) is 18.2 Å². The predicted molar refractivity (Wildman–Crippen MR) is 77.4 cm³/mol. The van der Waals surface area contributed by atoms with Crippen LogP contribution in [0.25, 0.3) is 0 Å². The number of rotatable bonds is 6. The van der Waals surface area contributed by atoms with E-state index in [1.165, 1.54) is 14.2 Å². The highest BCUT2D eigenvalue weighted by atomic mass is 16.5. The van der Waals surface area contributed by atoms with Gasteiger partial charge in [-0.25, -0.2) is 0 Å². The lowest BCUT2D eigenvalue weighted by atomic mass is 10.0. The van der Waals surface area contributed by atoms with E-state index in [0.29, 0.717) is 11.4 Å². The fourth-order valence-corrected chi connectivity index (χ4v) is 2.07. The first-order valence-electron chi connectivity index (χ1n) is 6.35. The molecule has 0 unspecified atom stereocenters. The molecule has 0 aliphatic carbocycles. The van der Waals surface area contributed by atoms with Gasteiger partial charge < -0.3 is 19.7 Å². The first kappa shape index (κ1) is 16.2. The van der Waals surface area contributed by atoms with Crippen molar-refractivity contribution < 1.29 is 14.3 Å². The number of amides is 1. The molecule has 112 valence electrons. The Morgan fingerprint density at radius 1 is 1.30 bits per heavy atom. The van der Waals surface area contributed by atoms with Crippen molar-refractivity contribution in [1.29, 1.82) is 0 Å². The summed E-state index contributed by atoms with van der Waals surface area (Å²) in [6.45, 7) is 4.66. The molecule has 6 heteroatoms. The molecule has 0 aliphatic rings. The van der Waals surface area contributed by atoms with E-state index in [-0.39, 0.29) is 17.3 Å². The Morgan fingerprint density at radius 2 is 1.95 bits per heavy atom. The van der Waals surface area contributed by atoms with Gasteiger partial charge >= 0.3 is 0 Å². The number of nitrogens with zero attached hydrogens (tertiary/aromatic N) is 2. The van der Waals surface area contributed by atoms with E-state index in [0.717, 1.165) is 6.54 Å². The Morgan fingerprint density at radius 3 is 2.45 bits per heavy atom. The fraction of sp³-hybridized carbons (Fsp3) is 0.571. The van der Waals surface area contributed by atoms with E-state index in [1.807, 2.05) is 32.8 Å². The molecule has 20 heavy (non-hydrogen) atoms. The molecule has 0 radical (unpaired) electrons. The number of carbonyl (C=O) groups excluding carboxylic acids is 1. The molecule has 0 bridgehead atoms. The maximum absolute atomic E-state index is 12.3. The van der Waals surface area contributed by atoms with Crippen molar-refractivity contribution in [3.63, 3.8) is 0 Å². The minimum Gasteiger partial charge on any atom is -0.481 e. The molecule has 0 spiro atoms. The predicted octanol–water partition coefficient (Wildman–Crippen LogP) is 1.17. The Balaban J connectivity index is 2.92. The second-order valence-corrected chi connectivity index (χ2v) is 5.49. The van der Waals surface area contributed by atoms with Crippen LogP contribution < -0.4 is 14.8 Å². The Kier molecular flexibility index (Phi) is 5.33. The van der Waals surface area contributed by atoms with Crippen LogP contribution in [-0.2, 0) is 0 Å². The van der Waals surface area contributed by atoms with E-state index in [1.54, 1.807) is 12.1 Å². The van der Waals surface area contributed by atoms with Gasteiger partial charge in [-0.3, -0.25) is 4.79 Å². The molecule has 1 aromatic rings. The lowest BCUT2D eigenvalue weighted by Gasteiger charge is -2.29. The summed E-state index contributed by atoms with van der Waals surface area (Å²) in [6, 6.07) is 3.28. The van der Waals surface area contributed by atoms with Crippen molar-refractivity contribution in [2.75, 3.05) is 34.9 Å². The maximum Gasteiger partial charge on any atom is 0.257 e. The topological polar surface area (TPSA) is 63.7 Å². The molecule has 0 aromatic carbocycles. The standard InChI is InChI=1S/C14H23N3O3/c1-14(2,9-17(3)4)16-12(18)10-7-8-11(19-5)15-13(10)20-6/h7-8H,9H2,1-6H3,(H,16,18). The third-order valence-corrected chi connectivity index (χ3v) is 2.65. The van der Waals surface area contributed by atoms with Gasteiger partial charge in [0.1, 0.15) is 5.56 Å². The number of hydrogen-bond donors (Lipinski definition) is 1. The van der Waals surface area contributed by atoms with Crippen LogP contribution in [0.15, 0.2) is 12.1 Å². The van der Waals surface area contributed by atoms with Crippen LogP contribution in [0, 0.1) is 0 Å². The molecule has 1 aromatic heterocycles. The van der Waals surface area contributed by atoms with Crippen LogP contribution in [0.5, 0.6) is 11.8 Å². The number of methoxy groups -OCH3 is 2. The average Bonchev–Trinajstić information content (AvgIpc) is 2.35. The van der Waals surface area contributed by atoms with Gasteiger partial charge in [0.2, 0.25) is 11.8 Å². The normalized spacial score (nSPS) is 11.3. The van der Waals surface area contributed by atoms with Crippen molar-refractivity contribution in [3.8, 4) is 11.8 Å². The van der Waals surface area contributed by atoms with Crippen LogP contribution in [-0.4, -0.2) is 56.2 Å². The summed E-state index contributed by atoms with van der Waals surface area (Å²) >= 11 is 0. The summed E-state index contributed by atoms with van der Waals surface area (Å²) in [5.41, 5.74) is 0.0334. The Labute approximate surface area is 120 Å². The van der Waals surface area contributed by atoms with Gasteiger partial charge in [-0.1, -0.05) is 0 Å². The number of aromatic nitrogens is 1. The molecule has 0 atom stereocenters. The van der Waals surface area contributed by atoms with Crippen LogP contribution >= 0.6 is 0 Å². The van der Waals surface area contributed by atoms with Gasteiger partial charge in [0.05, 0.1) is 14.2 Å². The zero-order valence-corrected chi connectivity index (χ0v) is 13.0. The zero-order valence-electron chi connectivity index (χ0n) is 13.0. The lowest BCUT2D eigenvalue weighted by Crippen LogP contribution is -2.50. The molecule has 1 rings (SSSR count). The first-order chi connectivity index (χ1) is 9.29. The minimum atomic E-state index is -0.356. The highest BCUT2D eigenvalue weighted by molar-refractivity contribution is 5.96. The quantitative estimate of drug-likeness (QED) is 0.848. The van der Waals surface area contributed by atoms with Gasteiger partial charge in [-0.05, 0) is 34.0 Å². The largest absolute Gasteiger partial charge is 0.481 e. The monoisotopic (exact) mass is 281 g/mol. The molecule has 1 N–H and O–H groups in total. The maximum atomic E-state index is 12.3. The van der Waals surface area contributed by atoms with Gasteiger partial charge in [0.25, 0.3) is 5.91 Å². The summed E-state index contributed by atoms with van der Waals surface area (Å²) in [5, 5.41) is 2.97. The highest BCUT2D eigenvalue weighted by Gasteiger charge is 2.24. The minimum absolute atomic E-state index is 0.219. The molecule has 0 saturated carbocycles. The van der Waals surface area contributed by atoms with Crippen LogP contribution in [0.3, 0.4) is 0 Å². The van der Waals surface area contributed by atoms with E-state index in [4.69, 9.17) is 9.47 Å². The molecule has 0 fully saturated rings. The summed E-state index contributed by atoms with van der Waals surface area (Å²) < 4.78 is 10.2. The van der Waals surface area contributed by atoms with E-state index >= 15 is 0 Å². The van der Waals surface area contributed by atoms with Crippen molar-refractivity contribution in [2.24, 2.45) is 0 Å². The molecule has 0 saturated heterocycles. The summed E-state index contributed by atoms with van der Waals surface area (Å²) in [4.78, 5) is 18.5. The molecule has 6 nitrogen and oxygen atoms in total. The van der Waals surface area contributed by atoms with E-state index in [9.17, 15) is 4.79 Å². The fourth-order valence-electron chi connectivity index (χ4n) is 2.07. The Hall–Kier alpha value is -1.82. The molecule has 1 amide bonds. The molecular weight excluding hydrogens is 258 g/mol. The third-order valence-electron chi connectivity index (χ3n) is 2.65. The number of hydrogen-bond acceptors (Lipinski definition) is 5. The zero-order chi connectivity index (χ0) is 15.3. The lowest BCUT2D eigenvalue weighted by molar-refractivity contribution is 0.0895. The number of pyridine rings is 1. The second kappa shape index (κ2) is 6.56. The number of ether oxygens (including phenoxy) is 2. The van der Waals surface area contributed by atoms with Gasteiger partial charge in [-0.2, -0.15) is 4.98 Å². The van der Waals surface area contributed by atoms with Crippen molar-refractivity contribution in [3.05, 3.63) is 17.7 Å². The number of carbonyl (C=O) groups is 1. The van der Waals surface area contributed by atoms with Crippen LogP contribution in [0.2, 0.25) is 0 Å². The smallest absolute Gasteiger partial charge is 0.257 e. The van der Waals surface area contributed by atoms with Gasteiger partial charge in [0.15, 0.2) is 0 Å². The van der Waals surface area contributed by atoms with Crippen molar-refractivity contribution in [2.45, 2.75) is 19.4 Å². The van der Waals surface area contributed by atoms with Crippen molar-refractivity contribution in [1.82, 2.24) is 15.2 Å². The van der Waals surface area contributed by atoms with Crippen LogP contribution in [0.1, 0.15) is 24.2 Å². The van der Waals surface area contributed by atoms with E-state index in [2.05, 4.69) is 10.3 Å². The molecule has 0 aliphatic heterocycles. The van der Waals surface area contributed by atoms with Gasteiger partial charge in [-0.15, -0.1) is 0 Å². The summed E-state index contributed by atoms with van der Waals surface area (Å²) in [7, 11) is 6.91. The van der Waals surface area contributed by atoms with Crippen LogP contribution in [0.4, 0.5) is 0 Å².